The van der Waals surface area contributed by atoms with Gasteiger partial charge in [0, 0.05) is 5.54 Å². The molecule has 1 fully saturated rings. The van der Waals surface area contributed by atoms with E-state index in [1.165, 1.54) is 32.1 Å². The van der Waals surface area contributed by atoms with Crippen LogP contribution in [-0.2, 0) is 0 Å². The fourth-order valence-corrected chi connectivity index (χ4v) is 1.58. The van der Waals surface area contributed by atoms with Crippen molar-refractivity contribution in [2.75, 3.05) is 7.05 Å². The van der Waals surface area contributed by atoms with Crippen LogP contribution in [0.4, 0.5) is 0 Å². The quantitative estimate of drug-likeness (QED) is 0.617. The molecule has 0 aromatic carbocycles. The molecule has 0 atom stereocenters. The first-order valence-corrected chi connectivity index (χ1v) is 4.96. The highest BCUT2D eigenvalue weighted by molar-refractivity contribution is 4.84. The molecule has 0 aromatic rings. The van der Waals surface area contributed by atoms with Crippen LogP contribution in [0.25, 0.3) is 0 Å². The minimum absolute atomic E-state index is 0.470. The average Bonchev–Trinajstić information content (AvgIpc) is 2.10. The van der Waals surface area contributed by atoms with Gasteiger partial charge in [0.2, 0.25) is 0 Å². The third kappa shape index (κ3) is 3.76. The van der Waals surface area contributed by atoms with E-state index >= 15 is 0 Å². The maximum atomic E-state index is 3.38. The van der Waals surface area contributed by atoms with Crippen LogP contribution in [0.3, 0.4) is 0 Å². The molecule has 1 heteroatoms. The zero-order valence-electron chi connectivity index (χ0n) is 8.54. The minimum atomic E-state index is 0.470. The van der Waals surface area contributed by atoms with Crippen molar-refractivity contribution in [1.82, 2.24) is 5.32 Å². The van der Waals surface area contributed by atoms with Crippen molar-refractivity contribution in [3.63, 3.8) is 0 Å². The molecule has 0 unspecified atom stereocenters. The summed E-state index contributed by atoms with van der Waals surface area (Å²) in [5, 5.41) is 3.38. The predicted molar refractivity (Wildman–Crippen MR) is 51.9 cm³/mol. The molecule has 1 aliphatic carbocycles. The van der Waals surface area contributed by atoms with Gasteiger partial charge in [-0.2, -0.15) is 0 Å². The minimum Gasteiger partial charge on any atom is -0.315 e. The van der Waals surface area contributed by atoms with Gasteiger partial charge >= 0.3 is 0 Å². The van der Waals surface area contributed by atoms with Crippen LogP contribution in [0.5, 0.6) is 0 Å². The summed E-state index contributed by atoms with van der Waals surface area (Å²) in [6.07, 6.45) is 7.00. The molecule has 0 radical (unpaired) electrons. The molecular formula is C10H23N. The van der Waals surface area contributed by atoms with E-state index in [9.17, 15) is 0 Å². The zero-order chi connectivity index (χ0) is 8.74. The van der Waals surface area contributed by atoms with E-state index in [1.54, 1.807) is 0 Å². The smallest absolute Gasteiger partial charge is 0.0150 e. The van der Waals surface area contributed by atoms with Crippen molar-refractivity contribution in [3.05, 3.63) is 0 Å². The number of hydrogen-bond donors (Lipinski definition) is 1. The monoisotopic (exact) mass is 157 g/mol. The fraction of sp³-hybridized carbons (Fsp3) is 1.00. The predicted octanol–water partition coefficient (Wildman–Crippen LogP) is 2.95. The van der Waals surface area contributed by atoms with Gasteiger partial charge in [0.15, 0.2) is 0 Å². The second kappa shape index (κ2) is 5.59. The second-order valence-corrected chi connectivity index (χ2v) is 3.37. The summed E-state index contributed by atoms with van der Waals surface area (Å²) < 4.78 is 0. The highest BCUT2D eigenvalue weighted by Gasteiger charge is 2.23. The lowest BCUT2D eigenvalue weighted by Gasteiger charge is -2.33. The number of rotatable bonds is 1. The Hall–Kier alpha value is -0.0400. The summed E-state index contributed by atoms with van der Waals surface area (Å²) in [6.45, 7) is 6.33. The summed E-state index contributed by atoms with van der Waals surface area (Å²) in [6, 6.07) is 0. The van der Waals surface area contributed by atoms with E-state index < -0.39 is 0 Å². The molecule has 11 heavy (non-hydrogen) atoms. The molecule has 1 rings (SSSR count). The molecule has 1 nitrogen and oxygen atoms in total. The van der Waals surface area contributed by atoms with E-state index in [2.05, 4.69) is 19.3 Å². The zero-order valence-corrected chi connectivity index (χ0v) is 8.54. The number of nitrogens with one attached hydrogen (secondary N) is 1. The van der Waals surface area contributed by atoms with Crippen LogP contribution in [0, 0.1) is 0 Å². The first kappa shape index (κ1) is 11.0. The van der Waals surface area contributed by atoms with Gasteiger partial charge < -0.3 is 5.32 Å². The van der Waals surface area contributed by atoms with E-state index in [-0.39, 0.29) is 0 Å². The van der Waals surface area contributed by atoms with E-state index in [0.717, 1.165) is 0 Å². The Morgan fingerprint density at radius 2 is 1.45 bits per heavy atom. The molecule has 0 aromatic heterocycles. The van der Waals surface area contributed by atoms with Crippen molar-refractivity contribution < 1.29 is 0 Å². The average molecular weight is 157 g/mol. The van der Waals surface area contributed by atoms with Crippen molar-refractivity contribution in [1.29, 1.82) is 0 Å². The highest BCUT2D eigenvalue weighted by atomic mass is 14.9. The topological polar surface area (TPSA) is 12.0 Å². The third-order valence-corrected chi connectivity index (χ3v) is 2.56. The molecular weight excluding hydrogens is 134 g/mol. The maximum Gasteiger partial charge on any atom is 0.0150 e. The third-order valence-electron chi connectivity index (χ3n) is 2.56. The van der Waals surface area contributed by atoms with Crippen LogP contribution in [0.1, 0.15) is 52.9 Å². The summed E-state index contributed by atoms with van der Waals surface area (Å²) in [7, 11) is 2.07. The molecule has 0 aliphatic heterocycles. The van der Waals surface area contributed by atoms with Crippen LogP contribution in [0.2, 0.25) is 0 Å². The molecule has 68 valence electrons. The normalized spacial score (nSPS) is 21.8. The molecule has 0 bridgehead atoms. The Bertz CT molecular complexity index is 82.9. The first-order chi connectivity index (χ1) is 5.27. The van der Waals surface area contributed by atoms with E-state index in [4.69, 9.17) is 0 Å². The highest BCUT2D eigenvalue weighted by Crippen LogP contribution is 2.26. The van der Waals surface area contributed by atoms with Crippen LogP contribution < -0.4 is 5.32 Å². The molecule has 1 N–H and O–H groups in total. The molecule has 0 heterocycles. The molecule has 1 aliphatic rings. The van der Waals surface area contributed by atoms with Crippen molar-refractivity contribution in [2.45, 2.75) is 58.4 Å². The Labute approximate surface area is 71.6 Å². The Morgan fingerprint density at radius 3 is 1.73 bits per heavy atom. The summed E-state index contributed by atoms with van der Waals surface area (Å²) in [4.78, 5) is 0. The second-order valence-electron chi connectivity index (χ2n) is 3.37. The molecule has 0 saturated heterocycles. The first-order valence-electron chi connectivity index (χ1n) is 4.96. The standard InChI is InChI=1S/C8H17N.C2H6/c1-8(9-2)6-4-3-5-7-8;1-2/h9H,3-7H2,1-2H3;1-2H3. The van der Waals surface area contributed by atoms with Gasteiger partial charge in [-0.1, -0.05) is 33.1 Å². The van der Waals surface area contributed by atoms with Gasteiger partial charge in [0.05, 0.1) is 0 Å². The lowest BCUT2D eigenvalue weighted by Crippen LogP contribution is -2.41. The summed E-state index contributed by atoms with van der Waals surface area (Å²) >= 11 is 0. The maximum absolute atomic E-state index is 3.38. The van der Waals surface area contributed by atoms with Crippen LogP contribution >= 0.6 is 0 Å². The largest absolute Gasteiger partial charge is 0.315 e. The summed E-state index contributed by atoms with van der Waals surface area (Å²) in [5.41, 5.74) is 0.470. The number of hydrogen-bond acceptors (Lipinski definition) is 1. The summed E-state index contributed by atoms with van der Waals surface area (Å²) in [5.74, 6) is 0. The van der Waals surface area contributed by atoms with Gasteiger partial charge in [-0.3, -0.25) is 0 Å². The lowest BCUT2D eigenvalue weighted by molar-refractivity contribution is 0.271. The van der Waals surface area contributed by atoms with Crippen molar-refractivity contribution in [2.24, 2.45) is 0 Å². The Kier molecular flexibility index (Phi) is 5.57. The van der Waals surface area contributed by atoms with Gasteiger partial charge in [-0.15, -0.1) is 0 Å². The van der Waals surface area contributed by atoms with Gasteiger partial charge in [-0.25, -0.2) is 0 Å². The molecule has 0 amide bonds. The van der Waals surface area contributed by atoms with Gasteiger partial charge in [0.25, 0.3) is 0 Å². The van der Waals surface area contributed by atoms with E-state index in [0.29, 0.717) is 5.54 Å². The van der Waals surface area contributed by atoms with Crippen molar-refractivity contribution >= 4 is 0 Å². The van der Waals surface area contributed by atoms with Crippen molar-refractivity contribution in [3.8, 4) is 0 Å². The Balaban J connectivity index is 0.000000461. The Morgan fingerprint density at radius 1 is 1.00 bits per heavy atom. The fourth-order valence-electron chi connectivity index (χ4n) is 1.58. The molecule has 1 saturated carbocycles. The SMILES string of the molecule is CC.CNC1(C)CCCCC1. The van der Waals surface area contributed by atoms with E-state index in [1.807, 2.05) is 13.8 Å². The molecule has 0 spiro atoms. The van der Waals surface area contributed by atoms with Crippen LogP contribution in [0.15, 0.2) is 0 Å². The van der Waals surface area contributed by atoms with Crippen LogP contribution in [-0.4, -0.2) is 12.6 Å². The van der Waals surface area contributed by atoms with Gasteiger partial charge in [0.1, 0.15) is 0 Å². The lowest BCUT2D eigenvalue weighted by atomic mass is 9.84. The van der Waals surface area contributed by atoms with Gasteiger partial charge in [-0.05, 0) is 26.8 Å².